The molecule has 9 heteroatoms. The average molecular weight is 498 g/mol. The van der Waals surface area contributed by atoms with Gasteiger partial charge >= 0.3 is 94.4 Å². The molecular weight excluding hydrogens is 459 g/mol. The van der Waals surface area contributed by atoms with Gasteiger partial charge in [0.15, 0.2) is 0 Å². The molecular formula is C20H38O8Zr. The van der Waals surface area contributed by atoms with Crippen LogP contribution in [0.4, 0.5) is 0 Å². The Morgan fingerprint density at radius 2 is 1.00 bits per heavy atom. The third-order valence-electron chi connectivity index (χ3n) is 3.05. The molecule has 0 aliphatic rings. The first-order valence-electron chi connectivity index (χ1n) is 9.90. The second-order valence-corrected chi connectivity index (χ2v) is 7.69. The van der Waals surface area contributed by atoms with Gasteiger partial charge in [0, 0.05) is 0 Å². The summed E-state index contributed by atoms with van der Waals surface area (Å²) >= 11 is -0.961. The first kappa shape index (κ1) is 32.7. The van der Waals surface area contributed by atoms with Crippen molar-refractivity contribution in [3.05, 3.63) is 0 Å². The molecule has 0 aromatic heterocycles. The fourth-order valence-corrected chi connectivity index (χ4v) is 2.95. The summed E-state index contributed by atoms with van der Waals surface area (Å²) in [6, 6.07) is 0. The van der Waals surface area contributed by atoms with Gasteiger partial charge in [-0.25, -0.2) is 0 Å². The Morgan fingerprint density at radius 3 is 1.21 bits per heavy atom. The molecule has 0 saturated carbocycles. The molecule has 0 aliphatic heterocycles. The van der Waals surface area contributed by atoms with Gasteiger partial charge in [-0.2, -0.15) is 0 Å². The van der Waals surface area contributed by atoms with Crippen LogP contribution in [0.1, 0.15) is 81.1 Å². The number of carbonyl (C=O) groups excluding carboxylic acids is 4. The first-order valence-corrected chi connectivity index (χ1v) is 11.9. The number of ketones is 2. The van der Waals surface area contributed by atoms with E-state index in [-0.39, 0.29) is 24.4 Å². The molecule has 0 aliphatic carbocycles. The second-order valence-electron chi connectivity index (χ2n) is 6.12. The van der Waals surface area contributed by atoms with Crippen LogP contribution in [0.3, 0.4) is 0 Å². The Balaban J connectivity index is -0.000000352. The van der Waals surface area contributed by atoms with Crippen molar-refractivity contribution in [3.63, 3.8) is 0 Å². The number of esters is 2. The second kappa shape index (κ2) is 23.4. The number of carbonyl (C=O) groups is 4. The van der Waals surface area contributed by atoms with Crippen molar-refractivity contribution >= 4 is 23.5 Å². The van der Waals surface area contributed by atoms with Crippen LogP contribution < -0.4 is 0 Å². The third kappa shape index (κ3) is 32.0. The maximum Gasteiger partial charge on any atom is 0.313 e. The Labute approximate surface area is 188 Å². The molecule has 0 saturated heterocycles. The zero-order valence-corrected chi connectivity index (χ0v) is 21.6. The molecule has 29 heavy (non-hydrogen) atoms. The van der Waals surface area contributed by atoms with Gasteiger partial charge in [0.25, 0.3) is 0 Å². The summed E-state index contributed by atoms with van der Waals surface area (Å²) in [5.41, 5.74) is 0. The van der Waals surface area contributed by atoms with Gasteiger partial charge in [0.05, 0.1) is 13.2 Å². The quantitative estimate of drug-likeness (QED) is 0.297. The van der Waals surface area contributed by atoms with Crippen molar-refractivity contribution in [3.8, 4) is 0 Å². The van der Waals surface area contributed by atoms with Gasteiger partial charge in [-0.3, -0.25) is 19.2 Å². The van der Waals surface area contributed by atoms with Crippen LogP contribution in [-0.4, -0.2) is 48.9 Å². The molecule has 0 N–H and O–H groups in total. The normalized spacial score (nSPS) is 11.4. The number of Topliss-reactive ketones (excluding diaryl/α,β-unsaturated/α-hetero) is 2. The molecule has 2 unspecified atom stereocenters. The maximum atomic E-state index is 10.4. The predicted octanol–water partition coefficient (Wildman–Crippen LogP) is 3.59. The van der Waals surface area contributed by atoms with Crippen LogP contribution in [0.2, 0.25) is 0 Å². The number of hydrogen-bond acceptors (Lipinski definition) is 8. The van der Waals surface area contributed by atoms with E-state index in [2.05, 4.69) is 37.2 Å². The standard InChI is InChI=1S/2C6H10O3.2C4H9O.Zr/c2*1-3-9-6(8)4-5(2)7;2*1-3-4(2)5;/h2*3-4H2,1-2H3;2*4H,3H2,1-2H3;/q;;2*-1;+2. The van der Waals surface area contributed by atoms with Gasteiger partial charge in [-0.05, 0) is 27.7 Å². The Hall–Kier alpha value is -0.917. The van der Waals surface area contributed by atoms with E-state index in [1.54, 1.807) is 13.8 Å². The molecule has 0 heterocycles. The molecule has 0 rings (SSSR count). The zero-order chi connectivity index (χ0) is 23.2. The molecule has 8 nitrogen and oxygen atoms in total. The molecule has 2 atom stereocenters. The molecule has 0 fully saturated rings. The molecule has 0 aromatic carbocycles. The van der Waals surface area contributed by atoms with E-state index in [9.17, 15) is 19.2 Å². The number of ether oxygens (including phenoxy) is 2. The summed E-state index contributed by atoms with van der Waals surface area (Å²) in [4.78, 5) is 41.3. The molecule has 0 spiro atoms. The summed E-state index contributed by atoms with van der Waals surface area (Å²) < 4.78 is 20.0. The average Bonchev–Trinajstić information content (AvgIpc) is 2.61. The van der Waals surface area contributed by atoms with Crippen molar-refractivity contribution in [2.24, 2.45) is 0 Å². The van der Waals surface area contributed by atoms with Crippen LogP contribution in [0.5, 0.6) is 0 Å². The van der Waals surface area contributed by atoms with Crippen molar-refractivity contribution in [2.75, 3.05) is 13.2 Å². The predicted molar refractivity (Wildman–Crippen MR) is 106 cm³/mol. The minimum Gasteiger partial charge on any atom is -0.466 e. The molecule has 0 bridgehead atoms. The van der Waals surface area contributed by atoms with E-state index in [1.807, 2.05) is 0 Å². The van der Waals surface area contributed by atoms with Gasteiger partial charge in [-0.1, -0.05) is 0 Å². The number of hydrogen-bond donors (Lipinski definition) is 0. The van der Waals surface area contributed by atoms with Crippen LogP contribution in [0.25, 0.3) is 0 Å². The van der Waals surface area contributed by atoms with Crippen molar-refractivity contribution in [2.45, 2.75) is 93.3 Å². The monoisotopic (exact) mass is 496 g/mol. The van der Waals surface area contributed by atoms with Crippen LogP contribution >= 0.6 is 0 Å². The van der Waals surface area contributed by atoms with E-state index in [0.29, 0.717) is 25.4 Å². The van der Waals surface area contributed by atoms with Gasteiger partial charge in [0.2, 0.25) is 0 Å². The topological polar surface area (TPSA) is 105 Å². The summed E-state index contributed by atoms with van der Waals surface area (Å²) in [7, 11) is 0. The summed E-state index contributed by atoms with van der Waals surface area (Å²) in [6.45, 7) is 15.3. The number of rotatable bonds is 12. The smallest absolute Gasteiger partial charge is 0.313 e. The zero-order valence-electron chi connectivity index (χ0n) is 19.2. The van der Waals surface area contributed by atoms with Crippen molar-refractivity contribution in [1.29, 1.82) is 0 Å². The van der Waals surface area contributed by atoms with E-state index in [0.717, 1.165) is 12.8 Å². The van der Waals surface area contributed by atoms with Gasteiger partial charge in [-0.15, -0.1) is 0 Å². The third-order valence-corrected chi connectivity index (χ3v) is 5.50. The van der Waals surface area contributed by atoms with Crippen molar-refractivity contribution < 1.29 is 58.4 Å². The minimum atomic E-state index is -0.961. The first-order chi connectivity index (χ1) is 13.5. The molecule has 0 radical (unpaired) electrons. The summed E-state index contributed by atoms with van der Waals surface area (Å²) in [5, 5.41) is 0. The fourth-order valence-electron chi connectivity index (χ4n) is 1.19. The van der Waals surface area contributed by atoms with Crippen LogP contribution in [0.15, 0.2) is 0 Å². The molecule has 0 aromatic rings. The summed E-state index contributed by atoms with van der Waals surface area (Å²) in [5.74, 6) is -1.20. The van der Waals surface area contributed by atoms with Crippen LogP contribution in [0, 0.1) is 0 Å². The van der Waals surface area contributed by atoms with Crippen LogP contribution in [-0.2, 0) is 58.4 Å². The minimum absolute atomic E-state index is 0.103. The SMILES string of the molecule is CCC(C)[O][Zr][O]C(C)CC.CCOC(=O)CC(C)=O.CCOC(=O)CC(C)=O. The fraction of sp³-hybridized carbons (Fsp3) is 0.800. The summed E-state index contributed by atoms with van der Waals surface area (Å²) in [6.07, 6.45) is 2.76. The Morgan fingerprint density at radius 1 is 0.690 bits per heavy atom. The molecule has 170 valence electrons. The van der Waals surface area contributed by atoms with E-state index in [4.69, 9.17) is 5.63 Å². The van der Waals surface area contributed by atoms with E-state index < -0.39 is 36.1 Å². The molecule has 0 amide bonds. The van der Waals surface area contributed by atoms with E-state index >= 15 is 0 Å². The Kier molecular flexibility index (Phi) is 26.4. The van der Waals surface area contributed by atoms with E-state index in [1.165, 1.54) is 13.8 Å². The Bertz CT molecular complexity index is 414. The largest absolute Gasteiger partial charge is 0.466 e. The van der Waals surface area contributed by atoms with Crippen molar-refractivity contribution in [1.82, 2.24) is 0 Å². The van der Waals surface area contributed by atoms with Gasteiger partial charge in [0.1, 0.15) is 24.4 Å². The van der Waals surface area contributed by atoms with Gasteiger partial charge < -0.3 is 9.47 Å². The maximum absolute atomic E-state index is 10.4.